The smallest absolute Gasteiger partial charge is 0 e. The second-order valence-electron chi connectivity index (χ2n) is 4.76. The van der Waals surface area contributed by atoms with E-state index in [-0.39, 0.29) is 1.43 Å². The van der Waals surface area contributed by atoms with Crippen molar-refractivity contribution in [3.8, 4) is 0 Å². The maximum Gasteiger partial charge on any atom is 0 e. The molecule has 1 aromatic rings. The molecule has 15 heavy (non-hydrogen) atoms. The summed E-state index contributed by atoms with van der Waals surface area (Å²) >= 11 is 0. The average Bonchev–Trinajstić information content (AvgIpc) is 2.30. The summed E-state index contributed by atoms with van der Waals surface area (Å²) in [6.07, 6.45) is 7.44. The highest BCUT2D eigenvalue weighted by atomic mass is 14.2. The van der Waals surface area contributed by atoms with E-state index in [1.807, 2.05) is 0 Å². The van der Waals surface area contributed by atoms with Gasteiger partial charge in [0, 0.05) is 1.43 Å². The molecule has 82 valence electrons. The van der Waals surface area contributed by atoms with Crippen molar-refractivity contribution in [2.75, 3.05) is 0 Å². The van der Waals surface area contributed by atoms with Gasteiger partial charge in [-0.3, -0.25) is 0 Å². The fourth-order valence-electron chi connectivity index (χ4n) is 2.53. The molecule has 0 unspecified atom stereocenters. The third-order valence-electron chi connectivity index (χ3n) is 3.65. The van der Waals surface area contributed by atoms with E-state index in [1.54, 1.807) is 0 Å². The second-order valence-corrected chi connectivity index (χ2v) is 4.76. The van der Waals surface area contributed by atoms with Crippen LogP contribution in [-0.2, 0) is 0 Å². The SMILES string of the molecule is C=CC1CCC(c2ccc(C)cc2)CC1.[HH]. The Balaban J connectivity index is 0.00000128. The summed E-state index contributed by atoms with van der Waals surface area (Å²) in [5.41, 5.74) is 2.89. The largest absolute Gasteiger partial charge is 0.103 e. The predicted octanol–water partition coefficient (Wildman–Crippen LogP) is 4.70. The van der Waals surface area contributed by atoms with Crippen molar-refractivity contribution in [1.82, 2.24) is 0 Å². The molecule has 0 aliphatic heterocycles. The van der Waals surface area contributed by atoms with Crippen LogP contribution in [0.3, 0.4) is 0 Å². The highest BCUT2D eigenvalue weighted by Crippen LogP contribution is 2.35. The van der Waals surface area contributed by atoms with Crippen LogP contribution in [-0.4, -0.2) is 0 Å². The van der Waals surface area contributed by atoms with E-state index in [0.29, 0.717) is 0 Å². The van der Waals surface area contributed by atoms with Crippen LogP contribution in [0.1, 0.15) is 44.2 Å². The molecule has 1 aliphatic carbocycles. The molecule has 1 fully saturated rings. The molecule has 0 heteroatoms. The van der Waals surface area contributed by atoms with Gasteiger partial charge in [-0.1, -0.05) is 35.9 Å². The topological polar surface area (TPSA) is 0 Å². The lowest BCUT2D eigenvalue weighted by Gasteiger charge is -2.26. The standard InChI is InChI=1S/C15H20.H2/c1-3-13-6-10-15(11-7-13)14-8-4-12(2)5-9-14;/h3-5,8-9,13,15H,1,6-7,10-11H2,2H3;1H. The molecular weight excluding hydrogens is 180 g/mol. The van der Waals surface area contributed by atoms with E-state index in [0.717, 1.165) is 11.8 Å². The number of benzene rings is 1. The van der Waals surface area contributed by atoms with E-state index >= 15 is 0 Å². The molecule has 1 saturated carbocycles. The first-order valence-electron chi connectivity index (χ1n) is 5.98. The molecule has 1 aromatic carbocycles. The Kier molecular flexibility index (Phi) is 3.25. The Morgan fingerprint density at radius 3 is 2.27 bits per heavy atom. The van der Waals surface area contributed by atoms with Gasteiger partial charge in [-0.05, 0) is 50.0 Å². The number of hydrogen-bond donors (Lipinski definition) is 0. The van der Waals surface area contributed by atoms with E-state index in [2.05, 4.69) is 43.8 Å². The molecule has 0 bridgehead atoms. The number of aryl methyl sites for hydroxylation is 1. The van der Waals surface area contributed by atoms with E-state index < -0.39 is 0 Å². The van der Waals surface area contributed by atoms with Gasteiger partial charge < -0.3 is 0 Å². The molecule has 0 radical (unpaired) electrons. The zero-order chi connectivity index (χ0) is 10.7. The first-order chi connectivity index (χ1) is 7.29. The van der Waals surface area contributed by atoms with Gasteiger partial charge in [-0.25, -0.2) is 0 Å². The van der Waals surface area contributed by atoms with Crippen LogP contribution in [0.25, 0.3) is 0 Å². The van der Waals surface area contributed by atoms with Crippen LogP contribution in [0.2, 0.25) is 0 Å². The van der Waals surface area contributed by atoms with Crippen molar-refractivity contribution in [3.05, 3.63) is 48.0 Å². The molecule has 2 rings (SSSR count). The molecule has 0 heterocycles. The Bertz CT molecular complexity index is 318. The van der Waals surface area contributed by atoms with Gasteiger partial charge >= 0.3 is 0 Å². The van der Waals surface area contributed by atoms with Crippen molar-refractivity contribution in [3.63, 3.8) is 0 Å². The van der Waals surface area contributed by atoms with Gasteiger partial charge in [0.2, 0.25) is 0 Å². The third kappa shape index (κ3) is 2.50. The van der Waals surface area contributed by atoms with Crippen molar-refractivity contribution in [1.29, 1.82) is 0 Å². The fraction of sp³-hybridized carbons (Fsp3) is 0.467. The van der Waals surface area contributed by atoms with Crippen LogP contribution in [0, 0.1) is 12.8 Å². The Hall–Kier alpha value is -1.04. The summed E-state index contributed by atoms with van der Waals surface area (Å²) in [6, 6.07) is 9.06. The van der Waals surface area contributed by atoms with E-state index in [4.69, 9.17) is 0 Å². The third-order valence-corrected chi connectivity index (χ3v) is 3.65. The minimum Gasteiger partial charge on any atom is -0.103 e. The number of rotatable bonds is 2. The first-order valence-corrected chi connectivity index (χ1v) is 5.98. The maximum absolute atomic E-state index is 3.89. The highest BCUT2D eigenvalue weighted by molar-refractivity contribution is 5.24. The summed E-state index contributed by atoms with van der Waals surface area (Å²) in [5, 5.41) is 0. The zero-order valence-electron chi connectivity index (χ0n) is 9.58. The van der Waals surface area contributed by atoms with Gasteiger partial charge in [-0.2, -0.15) is 0 Å². The molecular formula is C15H22. The van der Waals surface area contributed by atoms with Crippen LogP contribution < -0.4 is 0 Å². The van der Waals surface area contributed by atoms with Crippen molar-refractivity contribution < 1.29 is 1.43 Å². The normalized spacial score (nSPS) is 26.2. The van der Waals surface area contributed by atoms with Gasteiger partial charge in [0.25, 0.3) is 0 Å². The van der Waals surface area contributed by atoms with Gasteiger partial charge in [0.1, 0.15) is 0 Å². The van der Waals surface area contributed by atoms with Gasteiger partial charge in [0.05, 0.1) is 0 Å². The van der Waals surface area contributed by atoms with Gasteiger partial charge in [-0.15, -0.1) is 6.58 Å². The van der Waals surface area contributed by atoms with Gasteiger partial charge in [0.15, 0.2) is 0 Å². The number of hydrogen-bond acceptors (Lipinski definition) is 0. The van der Waals surface area contributed by atoms with Crippen LogP contribution in [0.15, 0.2) is 36.9 Å². The van der Waals surface area contributed by atoms with Crippen LogP contribution in [0.5, 0.6) is 0 Å². The van der Waals surface area contributed by atoms with E-state index in [1.165, 1.54) is 36.8 Å². The van der Waals surface area contributed by atoms with Crippen LogP contribution in [0.4, 0.5) is 0 Å². The number of allylic oxidation sites excluding steroid dienone is 1. The summed E-state index contributed by atoms with van der Waals surface area (Å²) in [4.78, 5) is 0. The molecule has 0 aromatic heterocycles. The quantitative estimate of drug-likeness (QED) is 0.610. The molecule has 0 spiro atoms. The molecule has 0 N–H and O–H groups in total. The Morgan fingerprint density at radius 1 is 1.13 bits per heavy atom. The first kappa shape index (κ1) is 10.5. The Labute approximate surface area is 94.5 Å². The maximum atomic E-state index is 3.89. The zero-order valence-corrected chi connectivity index (χ0v) is 9.58. The summed E-state index contributed by atoms with van der Waals surface area (Å²) in [7, 11) is 0. The molecule has 0 saturated heterocycles. The average molecular weight is 202 g/mol. The highest BCUT2D eigenvalue weighted by Gasteiger charge is 2.20. The lowest BCUT2D eigenvalue weighted by Crippen LogP contribution is -2.11. The lowest BCUT2D eigenvalue weighted by molar-refractivity contribution is 0.376. The van der Waals surface area contributed by atoms with Crippen molar-refractivity contribution in [2.45, 2.75) is 38.5 Å². The summed E-state index contributed by atoms with van der Waals surface area (Å²) in [6.45, 7) is 6.04. The fourth-order valence-corrected chi connectivity index (χ4v) is 2.53. The van der Waals surface area contributed by atoms with E-state index in [9.17, 15) is 0 Å². The molecule has 0 amide bonds. The minimum atomic E-state index is 0. The summed E-state index contributed by atoms with van der Waals surface area (Å²) in [5.74, 6) is 1.56. The molecule has 0 atom stereocenters. The molecule has 0 nitrogen and oxygen atoms in total. The monoisotopic (exact) mass is 202 g/mol. The van der Waals surface area contributed by atoms with Crippen LogP contribution >= 0.6 is 0 Å². The second kappa shape index (κ2) is 4.65. The Morgan fingerprint density at radius 2 is 1.73 bits per heavy atom. The summed E-state index contributed by atoms with van der Waals surface area (Å²) < 4.78 is 0. The predicted molar refractivity (Wildman–Crippen MR) is 68.2 cm³/mol. The lowest BCUT2D eigenvalue weighted by atomic mass is 9.79. The minimum absolute atomic E-state index is 0. The van der Waals surface area contributed by atoms with Crippen molar-refractivity contribution in [2.24, 2.45) is 5.92 Å². The molecule has 1 aliphatic rings. The van der Waals surface area contributed by atoms with Crippen molar-refractivity contribution >= 4 is 0 Å².